The first-order valence-electron chi connectivity index (χ1n) is 2.79. The van der Waals surface area contributed by atoms with Crippen LogP contribution in [0.5, 0.6) is 0 Å². The molecule has 0 aromatic carbocycles. The number of hydrogen-bond donors (Lipinski definition) is 0. The van der Waals surface area contributed by atoms with Gasteiger partial charge in [0.05, 0.1) is 5.01 Å². The van der Waals surface area contributed by atoms with Crippen molar-refractivity contribution in [3.05, 3.63) is 16.6 Å². The van der Waals surface area contributed by atoms with Crippen LogP contribution in [0.2, 0.25) is 0 Å². The molecule has 1 heterocycles. The second-order valence-electron chi connectivity index (χ2n) is 1.73. The van der Waals surface area contributed by atoms with E-state index in [1.54, 1.807) is 6.20 Å². The summed E-state index contributed by atoms with van der Waals surface area (Å²) in [4.78, 5) is 14.0. The zero-order valence-corrected chi connectivity index (χ0v) is 6.90. The highest BCUT2D eigenvalue weighted by atomic mass is 32.1. The van der Waals surface area contributed by atoms with Crippen molar-refractivity contribution in [3.8, 4) is 0 Å². The number of hydrogen-bond acceptors (Lipinski definition) is 4. The van der Waals surface area contributed by atoms with Crippen LogP contribution in [0.3, 0.4) is 0 Å². The SMILES string of the molecule is O=[P+]([O-])CCc1nccs1. The molecule has 1 aromatic heterocycles. The monoisotopic (exact) mass is 175 g/mol. The Bertz CT molecular complexity index is 211. The number of aryl methyl sites for hydroxylation is 1. The van der Waals surface area contributed by atoms with E-state index in [0.717, 1.165) is 5.01 Å². The smallest absolute Gasteiger partial charge is 0.309 e. The number of aromatic nitrogens is 1. The lowest BCUT2D eigenvalue weighted by Gasteiger charge is -1.86. The predicted octanol–water partition coefficient (Wildman–Crippen LogP) is 0.788. The molecule has 0 amide bonds. The Labute approximate surface area is 63.6 Å². The molecule has 1 atom stereocenters. The summed E-state index contributed by atoms with van der Waals surface area (Å²) in [6.45, 7) is 0. The highest BCUT2D eigenvalue weighted by Crippen LogP contribution is 2.12. The molecule has 5 heteroatoms. The molecule has 0 spiro atoms. The number of nitrogens with zero attached hydrogens (tertiary/aromatic N) is 1. The topological polar surface area (TPSA) is 53.0 Å². The minimum absolute atomic E-state index is 0.211. The molecule has 0 radical (unpaired) electrons. The summed E-state index contributed by atoms with van der Waals surface area (Å²) in [5.41, 5.74) is 0. The second-order valence-corrected chi connectivity index (χ2v) is 3.82. The van der Waals surface area contributed by atoms with E-state index in [0.29, 0.717) is 6.42 Å². The summed E-state index contributed by atoms with van der Waals surface area (Å²) in [5, 5.41) is 2.73. The quantitative estimate of drug-likeness (QED) is 0.638. The molecule has 0 aliphatic rings. The third-order valence-electron chi connectivity index (χ3n) is 0.992. The molecule has 0 saturated carbocycles. The van der Waals surface area contributed by atoms with Gasteiger partial charge in [-0.15, -0.1) is 11.3 Å². The fraction of sp³-hybridized carbons (Fsp3) is 0.400. The summed E-state index contributed by atoms with van der Waals surface area (Å²) in [6, 6.07) is 0. The highest BCUT2D eigenvalue weighted by molar-refractivity contribution is 7.36. The third kappa shape index (κ3) is 2.52. The number of thiazole rings is 1. The van der Waals surface area contributed by atoms with Crippen molar-refractivity contribution in [2.75, 3.05) is 6.16 Å². The molecule has 1 aromatic rings. The normalized spacial score (nSPS) is 11.5. The lowest BCUT2D eigenvalue weighted by Crippen LogP contribution is -1.94. The van der Waals surface area contributed by atoms with Gasteiger partial charge in [-0.05, 0) is 0 Å². The molecule has 0 aliphatic heterocycles. The van der Waals surface area contributed by atoms with Crippen LogP contribution in [0, 0.1) is 0 Å². The Hall–Kier alpha value is -0.310. The van der Waals surface area contributed by atoms with Gasteiger partial charge in [0.25, 0.3) is 0 Å². The van der Waals surface area contributed by atoms with Gasteiger partial charge in [-0.1, -0.05) is 4.57 Å². The van der Waals surface area contributed by atoms with E-state index in [4.69, 9.17) is 0 Å². The maximum Gasteiger partial charge on any atom is 0.309 e. The van der Waals surface area contributed by atoms with Gasteiger partial charge in [0, 0.05) is 18.0 Å². The molecule has 1 unspecified atom stereocenters. The maximum atomic E-state index is 10.1. The van der Waals surface area contributed by atoms with Crippen LogP contribution in [0.25, 0.3) is 0 Å². The van der Waals surface area contributed by atoms with E-state index >= 15 is 0 Å². The van der Waals surface area contributed by atoms with Crippen LogP contribution < -0.4 is 4.89 Å². The number of rotatable bonds is 3. The van der Waals surface area contributed by atoms with Gasteiger partial charge < -0.3 is 4.89 Å². The Morgan fingerprint density at radius 3 is 3.10 bits per heavy atom. The molecule has 10 heavy (non-hydrogen) atoms. The minimum Gasteiger partial charge on any atom is -0.596 e. The summed E-state index contributed by atoms with van der Waals surface area (Å²) in [5.74, 6) is 0. The van der Waals surface area contributed by atoms with Gasteiger partial charge in [0.1, 0.15) is 6.16 Å². The van der Waals surface area contributed by atoms with Crippen molar-refractivity contribution < 1.29 is 9.46 Å². The fourth-order valence-corrected chi connectivity index (χ4v) is 1.73. The third-order valence-corrected chi connectivity index (χ3v) is 2.42. The van der Waals surface area contributed by atoms with Crippen LogP contribution in [-0.2, 0) is 11.0 Å². The summed E-state index contributed by atoms with van der Waals surface area (Å²) in [7, 11) is -2.24. The highest BCUT2D eigenvalue weighted by Gasteiger charge is 2.02. The van der Waals surface area contributed by atoms with Crippen LogP contribution in [0.4, 0.5) is 0 Å². The van der Waals surface area contributed by atoms with Crippen molar-refractivity contribution in [1.82, 2.24) is 4.98 Å². The molecule has 0 saturated heterocycles. The van der Waals surface area contributed by atoms with E-state index in [1.165, 1.54) is 11.3 Å². The average molecular weight is 175 g/mol. The van der Waals surface area contributed by atoms with Crippen molar-refractivity contribution >= 4 is 19.4 Å². The fourth-order valence-electron chi connectivity index (χ4n) is 0.563. The van der Waals surface area contributed by atoms with Gasteiger partial charge in [-0.3, -0.25) is 0 Å². The molecule has 54 valence electrons. The zero-order chi connectivity index (χ0) is 7.40. The molecule has 3 nitrogen and oxygen atoms in total. The van der Waals surface area contributed by atoms with Crippen molar-refractivity contribution in [3.63, 3.8) is 0 Å². The van der Waals surface area contributed by atoms with Crippen LogP contribution in [0.15, 0.2) is 11.6 Å². The molecular weight excluding hydrogens is 169 g/mol. The van der Waals surface area contributed by atoms with Crippen LogP contribution in [0.1, 0.15) is 5.01 Å². The van der Waals surface area contributed by atoms with E-state index in [-0.39, 0.29) is 6.16 Å². The predicted molar refractivity (Wildman–Crippen MR) is 38.3 cm³/mol. The van der Waals surface area contributed by atoms with E-state index in [2.05, 4.69) is 4.98 Å². The minimum atomic E-state index is -2.24. The largest absolute Gasteiger partial charge is 0.596 e. The summed E-state index contributed by atoms with van der Waals surface area (Å²) >= 11 is 1.49. The lowest BCUT2D eigenvalue weighted by atomic mass is 10.5. The van der Waals surface area contributed by atoms with Crippen LogP contribution in [-0.4, -0.2) is 11.1 Å². The Morgan fingerprint density at radius 2 is 2.60 bits per heavy atom. The molecule has 1 rings (SSSR count). The Balaban J connectivity index is 2.35. The Morgan fingerprint density at radius 1 is 1.80 bits per heavy atom. The first-order chi connectivity index (χ1) is 4.79. The molecule has 0 aliphatic carbocycles. The summed E-state index contributed by atoms with van der Waals surface area (Å²) < 4.78 is 10.1. The van der Waals surface area contributed by atoms with E-state index in [9.17, 15) is 9.46 Å². The van der Waals surface area contributed by atoms with Gasteiger partial charge in [0.15, 0.2) is 0 Å². The first kappa shape index (κ1) is 7.79. The zero-order valence-electron chi connectivity index (χ0n) is 5.19. The van der Waals surface area contributed by atoms with Gasteiger partial charge in [0.2, 0.25) is 0 Å². The van der Waals surface area contributed by atoms with Gasteiger partial charge >= 0.3 is 8.03 Å². The summed E-state index contributed by atoms with van der Waals surface area (Å²) in [6.07, 6.45) is 2.44. The Kier molecular flexibility index (Phi) is 2.93. The molecule has 0 fully saturated rings. The standard InChI is InChI=1S/C5H6NO2PS/c7-9(8)3-1-5-6-2-4-10-5/h2,4H,1,3H2. The molecule has 0 bridgehead atoms. The van der Waals surface area contributed by atoms with Crippen molar-refractivity contribution in [2.24, 2.45) is 0 Å². The van der Waals surface area contributed by atoms with E-state index in [1.807, 2.05) is 5.38 Å². The molecule has 0 N–H and O–H groups in total. The van der Waals surface area contributed by atoms with Crippen LogP contribution >= 0.6 is 19.4 Å². The molecular formula is C5H6NO2PS. The average Bonchev–Trinajstić information content (AvgIpc) is 2.34. The lowest BCUT2D eigenvalue weighted by molar-refractivity contribution is -0.164. The van der Waals surface area contributed by atoms with Crippen molar-refractivity contribution in [2.45, 2.75) is 6.42 Å². The maximum absolute atomic E-state index is 10.1. The second kappa shape index (κ2) is 3.76. The van der Waals surface area contributed by atoms with Gasteiger partial charge in [-0.25, -0.2) is 4.98 Å². The van der Waals surface area contributed by atoms with E-state index < -0.39 is 8.03 Å². The van der Waals surface area contributed by atoms with Crippen molar-refractivity contribution in [1.29, 1.82) is 0 Å². The first-order valence-corrected chi connectivity index (χ1v) is 5.03. The van der Waals surface area contributed by atoms with Gasteiger partial charge in [-0.2, -0.15) is 0 Å².